The molecule has 0 fully saturated rings. The van der Waals surface area contributed by atoms with Crippen LogP contribution in [0.15, 0.2) is 127 Å². The molecule has 0 saturated heterocycles. The van der Waals surface area contributed by atoms with Gasteiger partial charge in [0.15, 0.2) is 0 Å². The Hall–Kier alpha value is -6.08. The van der Waals surface area contributed by atoms with E-state index in [0.717, 1.165) is 84.0 Å². The van der Waals surface area contributed by atoms with Crippen molar-refractivity contribution in [2.75, 3.05) is 35.5 Å². The minimum atomic E-state index is 0.672. The van der Waals surface area contributed by atoms with Gasteiger partial charge in [-0.3, -0.25) is 0 Å². The third-order valence-electron chi connectivity index (χ3n) is 9.30. The molecule has 7 nitrogen and oxygen atoms in total. The fourth-order valence-electron chi connectivity index (χ4n) is 6.38. The highest BCUT2D eigenvalue weighted by Crippen LogP contribution is 2.35. The van der Waals surface area contributed by atoms with Crippen molar-refractivity contribution in [3.05, 3.63) is 161 Å². The van der Waals surface area contributed by atoms with Crippen LogP contribution < -0.4 is 33.2 Å². The summed E-state index contributed by atoms with van der Waals surface area (Å²) in [4.78, 5) is 0. The molecule has 6 aromatic rings. The first-order valence-electron chi connectivity index (χ1n) is 18.2. The van der Waals surface area contributed by atoms with Gasteiger partial charge in [0.25, 0.3) is 0 Å². The molecule has 278 valence electrons. The van der Waals surface area contributed by atoms with Gasteiger partial charge in [0.05, 0.1) is 35.5 Å². The molecule has 0 unspecified atom stereocenters. The molecule has 0 atom stereocenters. The number of benzene rings is 6. The fraction of sp³-hybridized carbons (Fsp3) is 0.234. The Morgan fingerprint density at radius 2 is 0.574 bits per heavy atom. The summed E-state index contributed by atoms with van der Waals surface area (Å²) in [5.74, 6) is 6.74. The summed E-state index contributed by atoms with van der Waals surface area (Å²) in [5.41, 5.74) is 6.92. The Balaban J connectivity index is 1.25. The molecule has 0 aliphatic rings. The van der Waals surface area contributed by atoms with Crippen molar-refractivity contribution in [2.45, 2.75) is 38.5 Å². The molecule has 6 aromatic carbocycles. The summed E-state index contributed by atoms with van der Waals surface area (Å²) in [6.07, 6.45) is 4.96. The van der Waals surface area contributed by atoms with Crippen LogP contribution in [0.2, 0.25) is 0 Å². The first kappa shape index (κ1) is 37.7. The van der Waals surface area contributed by atoms with E-state index in [2.05, 4.69) is 72.8 Å². The van der Waals surface area contributed by atoms with E-state index < -0.39 is 0 Å². The molecule has 0 aliphatic carbocycles. The van der Waals surface area contributed by atoms with Gasteiger partial charge in [-0.1, -0.05) is 36.4 Å². The minimum absolute atomic E-state index is 0.672. The van der Waals surface area contributed by atoms with Crippen LogP contribution in [0.3, 0.4) is 0 Å². The van der Waals surface area contributed by atoms with Gasteiger partial charge in [0.2, 0.25) is 0 Å². The van der Waals surface area contributed by atoms with Crippen LogP contribution >= 0.6 is 0 Å². The van der Waals surface area contributed by atoms with Crippen LogP contribution in [0, 0.1) is 0 Å². The Labute approximate surface area is 319 Å². The van der Waals surface area contributed by atoms with Crippen LogP contribution in [0.1, 0.15) is 33.4 Å². The van der Waals surface area contributed by atoms with Crippen molar-refractivity contribution >= 4 is 0 Å². The van der Waals surface area contributed by atoms with Gasteiger partial charge < -0.3 is 33.2 Å². The van der Waals surface area contributed by atoms with Crippen molar-refractivity contribution in [3.8, 4) is 51.7 Å². The Bertz CT molecular complexity index is 2000. The lowest BCUT2D eigenvalue weighted by Crippen LogP contribution is -1.98. The molecular weight excluding hydrogens is 677 g/mol. The molecular formula is C47H48O7. The van der Waals surface area contributed by atoms with E-state index >= 15 is 0 Å². The number of hydrogen-bond acceptors (Lipinski definition) is 7. The Morgan fingerprint density at radius 3 is 0.963 bits per heavy atom. The highest BCUT2D eigenvalue weighted by molar-refractivity contribution is 5.47. The predicted octanol–water partition coefficient (Wildman–Crippen LogP) is 10.7. The maximum Gasteiger partial charge on any atom is 0.131 e. The zero-order valence-corrected chi connectivity index (χ0v) is 31.7. The molecule has 0 aliphatic heterocycles. The van der Waals surface area contributed by atoms with Crippen molar-refractivity contribution < 1.29 is 33.2 Å². The van der Waals surface area contributed by atoms with E-state index in [1.54, 1.807) is 35.5 Å². The van der Waals surface area contributed by atoms with Crippen LogP contribution in [0.5, 0.6) is 51.7 Å². The number of hydrogen-bond donors (Lipinski definition) is 0. The highest BCUT2D eigenvalue weighted by Gasteiger charge is 2.12. The number of ether oxygens (including phenoxy) is 7. The van der Waals surface area contributed by atoms with Crippen molar-refractivity contribution in [1.82, 2.24) is 0 Å². The third-order valence-corrected chi connectivity index (χ3v) is 9.30. The number of methoxy groups -OCH3 is 5. The van der Waals surface area contributed by atoms with Gasteiger partial charge in [0.1, 0.15) is 51.7 Å². The number of rotatable bonds is 18. The molecule has 0 bridgehead atoms. The lowest BCUT2D eigenvalue weighted by Gasteiger charge is -2.15. The van der Waals surface area contributed by atoms with Gasteiger partial charge in [-0.05, 0) is 145 Å². The van der Waals surface area contributed by atoms with Gasteiger partial charge >= 0.3 is 0 Å². The molecule has 6 rings (SSSR count). The Kier molecular flexibility index (Phi) is 13.0. The van der Waals surface area contributed by atoms with Crippen molar-refractivity contribution in [1.29, 1.82) is 0 Å². The Morgan fingerprint density at radius 1 is 0.259 bits per heavy atom. The highest BCUT2D eigenvalue weighted by atomic mass is 16.5. The molecule has 0 heterocycles. The molecule has 0 spiro atoms. The smallest absolute Gasteiger partial charge is 0.131 e. The fourth-order valence-corrected chi connectivity index (χ4v) is 6.38. The third kappa shape index (κ3) is 10.7. The van der Waals surface area contributed by atoms with Crippen molar-refractivity contribution in [3.63, 3.8) is 0 Å². The second-order valence-corrected chi connectivity index (χ2v) is 13.1. The van der Waals surface area contributed by atoms with E-state index in [1.807, 2.05) is 54.6 Å². The molecule has 0 radical (unpaired) electrons. The average Bonchev–Trinajstić information content (AvgIpc) is 3.21. The van der Waals surface area contributed by atoms with Crippen LogP contribution in [-0.4, -0.2) is 35.5 Å². The summed E-state index contributed by atoms with van der Waals surface area (Å²) in [7, 11) is 8.41. The molecule has 7 heteroatoms. The average molecular weight is 725 g/mol. The molecule has 0 amide bonds. The van der Waals surface area contributed by atoms with Crippen LogP contribution in [0.4, 0.5) is 0 Å². The van der Waals surface area contributed by atoms with Gasteiger partial charge in [-0.15, -0.1) is 0 Å². The second-order valence-electron chi connectivity index (χ2n) is 13.1. The zero-order valence-electron chi connectivity index (χ0n) is 31.7. The maximum atomic E-state index is 6.60. The normalized spacial score (nSPS) is 10.8. The quantitative estimate of drug-likeness (QED) is 0.0874. The summed E-state index contributed by atoms with van der Waals surface area (Å²) >= 11 is 0. The minimum Gasteiger partial charge on any atom is -0.497 e. The van der Waals surface area contributed by atoms with E-state index in [9.17, 15) is 0 Å². The number of aryl methyl sites for hydroxylation is 6. The van der Waals surface area contributed by atoms with E-state index in [0.29, 0.717) is 23.0 Å². The molecule has 54 heavy (non-hydrogen) atoms. The molecule has 0 N–H and O–H groups in total. The van der Waals surface area contributed by atoms with E-state index in [4.69, 9.17) is 33.2 Å². The summed E-state index contributed by atoms with van der Waals surface area (Å²) < 4.78 is 40.8. The van der Waals surface area contributed by atoms with E-state index in [1.165, 1.54) is 16.7 Å². The first-order valence-corrected chi connectivity index (χ1v) is 18.2. The van der Waals surface area contributed by atoms with Crippen LogP contribution in [-0.2, 0) is 38.5 Å². The first-order chi connectivity index (χ1) is 26.4. The lowest BCUT2D eigenvalue weighted by molar-refractivity contribution is 0.406. The molecule has 0 aromatic heterocycles. The summed E-state index contributed by atoms with van der Waals surface area (Å²) in [5, 5.41) is 0. The van der Waals surface area contributed by atoms with Gasteiger partial charge in [0, 0.05) is 18.2 Å². The molecule has 0 saturated carbocycles. The second kappa shape index (κ2) is 18.6. The topological polar surface area (TPSA) is 64.6 Å². The largest absolute Gasteiger partial charge is 0.497 e. The van der Waals surface area contributed by atoms with Crippen molar-refractivity contribution in [2.24, 2.45) is 0 Å². The standard InChI is InChI=1S/C47H48O7/c1-48-39-20-18-33(19-21-39)12-15-38-28-46(53-44-26-36(24-42(30-44)51-4)16-13-34-8-6-10-40(22-34)49-2)32-47(29-38)54-45-27-37(25-43(31-45)52-5)17-14-35-9-7-11-41(23-35)50-3/h6-11,18-32H,12-17H2,1-5H3. The lowest BCUT2D eigenvalue weighted by atomic mass is 10.0. The van der Waals surface area contributed by atoms with Crippen LogP contribution in [0.25, 0.3) is 0 Å². The van der Waals surface area contributed by atoms with Gasteiger partial charge in [-0.2, -0.15) is 0 Å². The summed E-state index contributed by atoms with van der Waals surface area (Å²) in [6.45, 7) is 0. The van der Waals surface area contributed by atoms with Gasteiger partial charge in [-0.25, -0.2) is 0 Å². The zero-order chi connectivity index (χ0) is 37.7. The monoisotopic (exact) mass is 724 g/mol. The SMILES string of the molecule is COc1ccc(CCc2cc(Oc3cc(CCc4cccc(OC)c4)cc(OC)c3)cc(Oc3cc(CCc4cccc(OC)c4)cc(OC)c3)c2)cc1. The maximum absolute atomic E-state index is 6.60. The summed E-state index contributed by atoms with van der Waals surface area (Å²) in [6, 6.07) is 42.7. The van der Waals surface area contributed by atoms with E-state index in [-0.39, 0.29) is 0 Å². The predicted molar refractivity (Wildman–Crippen MR) is 214 cm³/mol.